The highest BCUT2D eigenvalue weighted by Crippen LogP contribution is 2.13. The molecule has 0 aromatic carbocycles. The first kappa shape index (κ1) is 11.9. The fourth-order valence-electron chi connectivity index (χ4n) is 1.92. The zero-order valence-electron chi connectivity index (χ0n) is 9.98. The van der Waals surface area contributed by atoms with Crippen LogP contribution < -0.4 is 11.1 Å². The molecule has 3 N–H and O–H groups in total. The molecule has 6 nitrogen and oxygen atoms in total. The molecule has 1 amide bonds. The van der Waals surface area contributed by atoms with Gasteiger partial charge in [-0.3, -0.25) is 9.48 Å². The Labute approximate surface area is 100 Å². The van der Waals surface area contributed by atoms with Crippen molar-refractivity contribution < 1.29 is 9.53 Å². The van der Waals surface area contributed by atoms with Crippen LogP contribution in [0.1, 0.15) is 23.2 Å². The van der Waals surface area contributed by atoms with E-state index < -0.39 is 0 Å². The average molecular weight is 238 g/mol. The Hall–Kier alpha value is -1.56. The summed E-state index contributed by atoms with van der Waals surface area (Å²) in [6, 6.07) is 0. The van der Waals surface area contributed by atoms with Crippen LogP contribution in [0.5, 0.6) is 0 Å². The zero-order chi connectivity index (χ0) is 12.3. The second kappa shape index (κ2) is 5.18. The molecule has 94 valence electrons. The molecule has 0 bridgehead atoms. The minimum Gasteiger partial charge on any atom is -0.383 e. The lowest BCUT2D eigenvalue weighted by Crippen LogP contribution is -2.33. The maximum Gasteiger partial charge on any atom is 0.256 e. The Bertz CT molecular complexity index is 396. The predicted molar refractivity (Wildman–Crippen MR) is 63.5 cm³/mol. The van der Waals surface area contributed by atoms with Crippen LogP contribution in [0.2, 0.25) is 0 Å². The number of anilines is 1. The second-order valence-electron chi connectivity index (χ2n) is 4.36. The number of aryl methyl sites for hydroxylation is 1. The molecule has 0 saturated carbocycles. The summed E-state index contributed by atoms with van der Waals surface area (Å²) in [6.45, 7) is 2.19. The lowest BCUT2D eigenvalue weighted by molar-refractivity contribution is 0.0536. The molecule has 1 atom stereocenters. The molecule has 1 fully saturated rings. The topological polar surface area (TPSA) is 82.2 Å². The van der Waals surface area contributed by atoms with Crippen molar-refractivity contribution >= 4 is 11.7 Å². The maximum atomic E-state index is 11.8. The summed E-state index contributed by atoms with van der Waals surface area (Å²) in [7, 11) is 1.71. The van der Waals surface area contributed by atoms with E-state index in [0.29, 0.717) is 23.8 Å². The van der Waals surface area contributed by atoms with E-state index in [-0.39, 0.29) is 5.91 Å². The minimum atomic E-state index is -0.166. The Kier molecular flexibility index (Phi) is 3.63. The van der Waals surface area contributed by atoms with Gasteiger partial charge in [-0.25, -0.2) is 0 Å². The van der Waals surface area contributed by atoms with E-state index in [2.05, 4.69) is 10.4 Å². The summed E-state index contributed by atoms with van der Waals surface area (Å²) in [4.78, 5) is 11.8. The molecule has 6 heteroatoms. The molecule has 1 aromatic rings. The highest BCUT2D eigenvalue weighted by atomic mass is 16.5. The first-order valence-electron chi connectivity index (χ1n) is 5.82. The van der Waals surface area contributed by atoms with E-state index in [4.69, 9.17) is 10.5 Å². The Morgan fingerprint density at radius 2 is 2.59 bits per heavy atom. The number of nitrogen functional groups attached to an aromatic ring is 1. The highest BCUT2D eigenvalue weighted by Gasteiger charge is 2.17. The first-order valence-corrected chi connectivity index (χ1v) is 5.82. The van der Waals surface area contributed by atoms with Crippen molar-refractivity contribution in [2.45, 2.75) is 12.8 Å². The fraction of sp³-hybridized carbons (Fsp3) is 0.636. The van der Waals surface area contributed by atoms with Crippen molar-refractivity contribution in [2.24, 2.45) is 13.0 Å². The van der Waals surface area contributed by atoms with Crippen molar-refractivity contribution in [1.82, 2.24) is 15.1 Å². The highest BCUT2D eigenvalue weighted by molar-refractivity contribution is 5.98. The largest absolute Gasteiger partial charge is 0.383 e. The lowest BCUT2D eigenvalue weighted by atomic mass is 10.0. The van der Waals surface area contributed by atoms with Gasteiger partial charge in [0.25, 0.3) is 5.91 Å². The van der Waals surface area contributed by atoms with Crippen molar-refractivity contribution in [3.63, 3.8) is 0 Å². The molecule has 1 aliphatic heterocycles. The third-order valence-electron chi connectivity index (χ3n) is 3.04. The van der Waals surface area contributed by atoms with Gasteiger partial charge < -0.3 is 15.8 Å². The zero-order valence-corrected chi connectivity index (χ0v) is 9.98. The number of amides is 1. The van der Waals surface area contributed by atoms with Crippen LogP contribution in [-0.4, -0.2) is 35.4 Å². The van der Waals surface area contributed by atoms with Crippen LogP contribution in [0, 0.1) is 5.92 Å². The van der Waals surface area contributed by atoms with Crippen molar-refractivity contribution in [2.75, 3.05) is 25.5 Å². The van der Waals surface area contributed by atoms with Crippen LogP contribution >= 0.6 is 0 Å². The predicted octanol–water partition coefficient (Wildman–Crippen LogP) is 0.159. The third-order valence-corrected chi connectivity index (χ3v) is 3.04. The molecule has 2 rings (SSSR count). The van der Waals surface area contributed by atoms with E-state index in [1.165, 1.54) is 10.9 Å². The number of hydrogen-bond donors (Lipinski definition) is 2. The number of rotatable bonds is 3. The van der Waals surface area contributed by atoms with E-state index >= 15 is 0 Å². The number of ether oxygens (including phenoxy) is 1. The van der Waals surface area contributed by atoms with Crippen molar-refractivity contribution in [3.05, 3.63) is 11.8 Å². The molecule has 1 saturated heterocycles. The number of carbonyl (C=O) groups excluding carboxylic acids is 1. The Morgan fingerprint density at radius 1 is 1.76 bits per heavy atom. The van der Waals surface area contributed by atoms with E-state index in [0.717, 1.165) is 26.1 Å². The maximum absolute atomic E-state index is 11.8. The number of hydrogen-bond acceptors (Lipinski definition) is 4. The van der Waals surface area contributed by atoms with Gasteiger partial charge in [0, 0.05) is 20.2 Å². The number of aromatic nitrogens is 2. The van der Waals surface area contributed by atoms with Gasteiger partial charge in [0.1, 0.15) is 11.4 Å². The molecular formula is C11H18N4O2. The number of carbonyl (C=O) groups is 1. The summed E-state index contributed by atoms with van der Waals surface area (Å²) >= 11 is 0. The monoisotopic (exact) mass is 238 g/mol. The Balaban J connectivity index is 1.86. The van der Waals surface area contributed by atoms with Crippen LogP contribution in [0.15, 0.2) is 6.20 Å². The van der Waals surface area contributed by atoms with E-state index in [1.807, 2.05) is 0 Å². The molecule has 1 aromatic heterocycles. The Morgan fingerprint density at radius 3 is 3.18 bits per heavy atom. The lowest BCUT2D eigenvalue weighted by Gasteiger charge is -2.22. The number of nitrogens with one attached hydrogen (secondary N) is 1. The molecule has 0 radical (unpaired) electrons. The molecule has 2 heterocycles. The summed E-state index contributed by atoms with van der Waals surface area (Å²) in [5.41, 5.74) is 6.16. The SMILES string of the molecule is Cn1ncc(C(=O)NCC2CCCOC2)c1N. The van der Waals surface area contributed by atoms with Crippen molar-refractivity contribution in [3.8, 4) is 0 Å². The van der Waals surface area contributed by atoms with Crippen LogP contribution in [-0.2, 0) is 11.8 Å². The van der Waals surface area contributed by atoms with Gasteiger partial charge in [0.15, 0.2) is 0 Å². The van der Waals surface area contributed by atoms with Gasteiger partial charge >= 0.3 is 0 Å². The van der Waals surface area contributed by atoms with Gasteiger partial charge in [-0.2, -0.15) is 5.10 Å². The average Bonchev–Trinajstić information content (AvgIpc) is 2.69. The molecule has 0 aliphatic carbocycles. The normalized spacial score (nSPS) is 20.2. The number of nitrogens with two attached hydrogens (primary N) is 1. The second-order valence-corrected chi connectivity index (χ2v) is 4.36. The van der Waals surface area contributed by atoms with E-state index in [1.54, 1.807) is 7.05 Å². The summed E-state index contributed by atoms with van der Waals surface area (Å²) in [5.74, 6) is 0.633. The van der Waals surface area contributed by atoms with Gasteiger partial charge in [0.05, 0.1) is 12.8 Å². The van der Waals surface area contributed by atoms with Gasteiger partial charge in [-0.05, 0) is 18.8 Å². The van der Waals surface area contributed by atoms with Gasteiger partial charge in [0.2, 0.25) is 0 Å². The first-order chi connectivity index (χ1) is 8.18. The van der Waals surface area contributed by atoms with Crippen molar-refractivity contribution in [1.29, 1.82) is 0 Å². The molecule has 17 heavy (non-hydrogen) atoms. The van der Waals surface area contributed by atoms with Crippen LogP contribution in [0.3, 0.4) is 0 Å². The summed E-state index contributed by atoms with van der Waals surface area (Å²) < 4.78 is 6.84. The standard InChI is InChI=1S/C11H18N4O2/c1-15-10(12)9(6-14-15)11(16)13-5-8-3-2-4-17-7-8/h6,8H,2-5,7,12H2,1H3,(H,13,16). The fourth-order valence-corrected chi connectivity index (χ4v) is 1.92. The van der Waals surface area contributed by atoms with Gasteiger partial charge in [-0.15, -0.1) is 0 Å². The van der Waals surface area contributed by atoms with Crippen LogP contribution in [0.4, 0.5) is 5.82 Å². The molecule has 1 aliphatic rings. The summed E-state index contributed by atoms with van der Waals surface area (Å²) in [6.07, 6.45) is 3.65. The summed E-state index contributed by atoms with van der Waals surface area (Å²) in [5, 5.41) is 6.81. The number of nitrogens with zero attached hydrogens (tertiary/aromatic N) is 2. The van der Waals surface area contributed by atoms with E-state index in [9.17, 15) is 4.79 Å². The van der Waals surface area contributed by atoms with Crippen LogP contribution in [0.25, 0.3) is 0 Å². The third kappa shape index (κ3) is 2.76. The molecular weight excluding hydrogens is 220 g/mol. The van der Waals surface area contributed by atoms with Gasteiger partial charge in [-0.1, -0.05) is 0 Å². The smallest absolute Gasteiger partial charge is 0.256 e. The minimum absolute atomic E-state index is 0.166. The molecule has 0 spiro atoms. The quantitative estimate of drug-likeness (QED) is 0.785. The molecule has 1 unspecified atom stereocenters.